The molecule has 1 aromatic carbocycles. The summed E-state index contributed by atoms with van der Waals surface area (Å²) in [6, 6.07) is 1.34. The zero-order valence-electron chi connectivity index (χ0n) is 8.79. The Kier molecular flexibility index (Phi) is 3.79. The van der Waals surface area contributed by atoms with E-state index in [1.165, 1.54) is 0 Å². The topological polar surface area (TPSA) is 0 Å². The van der Waals surface area contributed by atoms with E-state index in [4.69, 9.17) is 0 Å². The Morgan fingerprint density at radius 3 is 1.79 bits per heavy atom. The molecule has 1 aromatic rings. The molecule has 1 atom stereocenters. The maximum atomic E-state index is 13.1. The molecular weight excluding hydrogens is 291 g/mol. The molecule has 0 N–H and O–H groups in total. The van der Waals surface area contributed by atoms with Crippen LogP contribution in [0, 0.1) is 0 Å². The molecule has 0 spiro atoms. The van der Waals surface area contributed by atoms with Crippen molar-refractivity contribution in [2.75, 3.05) is 0 Å². The van der Waals surface area contributed by atoms with Crippen molar-refractivity contribution < 1.29 is 39.5 Å². The fourth-order valence-electron chi connectivity index (χ4n) is 1.23. The van der Waals surface area contributed by atoms with Gasteiger partial charge in [-0.05, 0) is 17.7 Å². The fourth-order valence-corrected chi connectivity index (χ4v) is 1.23. The molecule has 0 heterocycles. The molecule has 0 nitrogen and oxygen atoms in total. The predicted molar refractivity (Wildman–Crippen MR) is 46.3 cm³/mol. The molecule has 0 bridgehead atoms. The van der Waals surface area contributed by atoms with Crippen LogP contribution in [0.15, 0.2) is 24.3 Å². The van der Waals surface area contributed by atoms with Gasteiger partial charge in [0, 0.05) is 0 Å². The van der Waals surface area contributed by atoms with Gasteiger partial charge in [-0.2, -0.15) is 35.1 Å². The maximum absolute atomic E-state index is 13.1. The van der Waals surface area contributed by atoms with E-state index in [-0.39, 0.29) is 6.07 Å². The molecule has 0 saturated carbocycles. The number of hydrogen-bond acceptors (Lipinski definition) is 0. The number of rotatable bonds is 2. The van der Waals surface area contributed by atoms with E-state index in [1.54, 1.807) is 0 Å². The molecule has 0 fully saturated rings. The lowest BCUT2D eigenvalue weighted by molar-refractivity contribution is -0.305. The van der Waals surface area contributed by atoms with Gasteiger partial charge in [0.1, 0.15) is 0 Å². The van der Waals surface area contributed by atoms with E-state index in [2.05, 4.69) is 0 Å². The first kappa shape index (κ1) is 15.6. The average Bonchev–Trinajstić information content (AvgIpc) is 2.25. The highest BCUT2D eigenvalue weighted by atomic mass is 19.4. The molecule has 0 aliphatic carbocycles. The molecule has 108 valence electrons. The number of benzene rings is 1. The van der Waals surface area contributed by atoms with Crippen LogP contribution in [0.25, 0.3) is 0 Å². The summed E-state index contributed by atoms with van der Waals surface area (Å²) in [5.74, 6) is -5.77. The Hall–Kier alpha value is -1.41. The summed E-state index contributed by atoms with van der Waals surface area (Å²) in [6.45, 7) is 0. The lowest BCUT2D eigenvalue weighted by Crippen LogP contribution is -2.40. The normalized spacial score (nSPS) is 15.4. The van der Waals surface area contributed by atoms with Gasteiger partial charge in [0.25, 0.3) is 0 Å². The zero-order valence-corrected chi connectivity index (χ0v) is 8.79. The van der Waals surface area contributed by atoms with Crippen molar-refractivity contribution in [2.45, 2.75) is 24.4 Å². The first-order chi connectivity index (χ1) is 8.37. The Morgan fingerprint density at radius 2 is 1.37 bits per heavy atom. The van der Waals surface area contributed by atoms with Crippen LogP contribution in [0.5, 0.6) is 0 Å². The summed E-state index contributed by atoms with van der Waals surface area (Å²) < 4.78 is 111. The minimum absolute atomic E-state index is 0.0791. The second-order valence-electron chi connectivity index (χ2n) is 3.61. The maximum Gasteiger partial charge on any atom is 0.456 e. The smallest absolute Gasteiger partial charge is 0.235 e. The standard InChI is InChI=1S/C10H5F9/c11-7(8(12,13)10(17,18)19)5-2-1-3-6(4-5)9(14,15)16/h1-4,7H. The molecule has 0 aliphatic heterocycles. The Bertz CT molecular complexity index is 443. The SMILES string of the molecule is FC(c1cccc(C(F)(F)F)c1)C(F)(F)C(F)(F)F. The number of hydrogen-bond donors (Lipinski definition) is 0. The first-order valence-corrected chi connectivity index (χ1v) is 4.63. The van der Waals surface area contributed by atoms with E-state index in [1.807, 2.05) is 0 Å². The third-order valence-electron chi connectivity index (χ3n) is 2.20. The minimum atomic E-state index is -6.19. The molecule has 0 radical (unpaired) electrons. The van der Waals surface area contributed by atoms with Crippen LogP contribution in [0.1, 0.15) is 17.3 Å². The Balaban J connectivity index is 3.18. The lowest BCUT2D eigenvalue weighted by atomic mass is 10.0. The molecule has 0 aromatic heterocycles. The van der Waals surface area contributed by atoms with Crippen LogP contribution in [0.3, 0.4) is 0 Å². The van der Waals surface area contributed by atoms with E-state index in [0.29, 0.717) is 18.2 Å². The molecule has 9 heteroatoms. The highest BCUT2D eigenvalue weighted by Gasteiger charge is 2.63. The van der Waals surface area contributed by atoms with Crippen LogP contribution in [0.2, 0.25) is 0 Å². The third-order valence-corrected chi connectivity index (χ3v) is 2.20. The highest BCUT2D eigenvalue weighted by molar-refractivity contribution is 5.28. The molecule has 0 amide bonds. The quantitative estimate of drug-likeness (QED) is 0.680. The van der Waals surface area contributed by atoms with Crippen molar-refractivity contribution in [2.24, 2.45) is 0 Å². The van der Waals surface area contributed by atoms with Crippen LogP contribution in [0.4, 0.5) is 39.5 Å². The van der Waals surface area contributed by atoms with Crippen molar-refractivity contribution in [1.82, 2.24) is 0 Å². The van der Waals surface area contributed by atoms with Gasteiger partial charge in [0.15, 0.2) is 6.17 Å². The second kappa shape index (κ2) is 4.61. The van der Waals surface area contributed by atoms with Crippen molar-refractivity contribution in [3.8, 4) is 0 Å². The van der Waals surface area contributed by atoms with Gasteiger partial charge in [-0.3, -0.25) is 0 Å². The van der Waals surface area contributed by atoms with Crippen molar-refractivity contribution in [3.63, 3.8) is 0 Å². The van der Waals surface area contributed by atoms with Crippen molar-refractivity contribution in [1.29, 1.82) is 0 Å². The molecular formula is C10H5F9. The highest BCUT2D eigenvalue weighted by Crippen LogP contribution is 2.47. The van der Waals surface area contributed by atoms with E-state index in [9.17, 15) is 39.5 Å². The van der Waals surface area contributed by atoms with E-state index in [0.717, 1.165) is 0 Å². The van der Waals surface area contributed by atoms with Gasteiger partial charge in [0.05, 0.1) is 5.56 Å². The Labute approximate surface area is 100 Å². The largest absolute Gasteiger partial charge is 0.456 e. The summed E-state index contributed by atoms with van der Waals surface area (Å²) >= 11 is 0. The summed E-state index contributed by atoms with van der Waals surface area (Å²) in [5.41, 5.74) is -2.90. The van der Waals surface area contributed by atoms with Gasteiger partial charge < -0.3 is 0 Å². The van der Waals surface area contributed by atoms with Gasteiger partial charge in [-0.15, -0.1) is 0 Å². The first-order valence-electron chi connectivity index (χ1n) is 4.63. The third kappa shape index (κ3) is 3.13. The monoisotopic (exact) mass is 296 g/mol. The molecule has 1 rings (SSSR count). The van der Waals surface area contributed by atoms with Crippen LogP contribution >= 0.6 is 0 Å². The Morgan fingerprint density at radius 1 is 0.842 bits per heavy atom. The van der Waals surface area contributed by atoms with Gasteiger partial charge in [0.2, 0.25) is 0 Å². The van der Waals surface area contributed by atoms with Crippen LogP contribution in [-0.2, 0) is 6.18 Å². The van der Waals surface area contributed by atoms with Gasteiger partial charge in [-0.25, -0.2) is 4.39 Å². The number of alkyl halides is 9. The summed E-state index contributed by atoms with van der Waals surface area (Å²) in [7, 11) is 0. The van der Waals surface area contributed by atoms with Gasteiger partial charge >= 0.3 is 18.3 Å². The fraction of sp³-hybridized carbons (Fsp3) is 0.400. The molecule has 0 aliphatic rings. The summed E-state index contributed by atoms with van der Waals surface area (Å²) in [6.07, 6.45) is -15.1. The summed E-state index contributed by atoms with van der Waals surface area (Å²) in [4.78, 5) is 0. The molecule has 1 unspecified atom stereocenters. The number of halogens is 9. The van der Waals surface area contributed by atoms with Gasteiger partial charge in [-0.1, -0.05) is 12.1 Å². The van der Waals surface area contributed by atoms with E-state index < -0.39 is 35.6 Å². The predicted octanol–water partition coefficient (Wildman–Crippen LogP) is 4.91. The molecule has 19 heavy (non-hydrogen) atoms. The average molecular weight is 296 g/mol. The lowest BCUT2D eigenvalue weighted by Gasteiger charge is -2.23. The van der Waals surface area contributed by atoms with Crippen molar-refractivity contribution >= 4 is 0 Å². The minimum Gasteiger partial charge on any atom is -0.235 e. The van der Waals surface area contributed by atoms with Crippen LogP contribution in [-0.4, -0.2) is 12.1 Å². The second-order valence-corrected chi connectivity index (χ2v) is 3.61. The zero-order chi connectivity index (χ0) is 15.1. The summed E-state index contributed by atoms with van der Waals surface area (Å²) in [5, 5.41) is 0. The molecule has 0 saturated heterocycles. The van der Waals surface area contributed by atoms with Crippen LogP contribution < -0.4 is 0 Å². The van der Waals surface area contributed by atoms with E-state index >= 15 is 0 Å². The van der Waals surface area contributed by atoms with Crippen molar-refractivity contribution in [3.05, 3.63) is 35.4 Å².